The lowest BCUT2D eigenvalue weighted by Gasteiger charge is -2.34. The monoisotopic (exact) mass is 513 g/mol. The van der Waals surface area contributed by atoms with E-state index in [0.29, 0.717) is 0 Å². The molecule has 4 heteroatoms. The molecule has 0 spiro atoms. The van der Waals surface area contributed by atoms with E-state index >= 15 is 0 Å². The molecular weight excluding hydrogens is 470 g/mol. The molecule has 0 amide bonds. The largest absolute Gasteiger partial charge is 0.469 e. The Bertz CT molecular complexity index is 1270. The smallest absolute Gasteiger partial charge is 0.310 e. The van der Waals surface area contributed by atoms with Crippen LogP contribution in [0.4, 0.5) is 0 Å². The van der Waals surface area contributed by atoms with Crippen molar-refractivity contribution in [2.24, 2.45) is 0 Å². The van der Waals surface area contributed by atoms with Crippen LogP contribution < -0.4 is 0 Å². The summed E-state index contributed by atoms with van der Waals surface area (Å²) in [6, 6.07) is 15.8. The van der Waals surface area contributed by atoms with E-state index in [1.54, 1.807) is 6.20 Å². The van der Waals surface area contributed by atoms with Gasteiger partial charge in [0, 0.05) is 23.4 Å². The summed E-state index contributed by atoms with van der Waals surface area (Å²) in [5, 5.41) is 10.8. The molecular formula is C34H43NO3. The number of pyridine rings is 1. The molecule has 38 heavy (non-hydrogen) atoms. The number of nitrogens with zero attached hydrogens (tertiary/aromatic N) is 1. The number of esters is 1. The van der Waals surface area contributed by atoms with Crippen molar-refractivity contribution in [3.63, 3.8) is 0 Å². The van der Waals surface area contributed by atoms with Crippen LogP contribution in [0.1, 0.15) is 92.2 Å². The van der Waals surface area contributed by atoms with Crippen LogP contribution in [0.5, 0.6) is 0 Å². The number of methoxy groups -OCH3 is 1. The van der Waals surface area contributed by atoms with Crippen molar-refractivity contribution in [3.8, 4) is 11.1 Å². The summed E-state index contributed by atoms with van der Waals surface area (Å²) in [5.41, 5.74) is 9.01. The zero-order valence-corrected chi connectivity index (χ0v) is 23.8. The van der Waals surface area contributed by atoms with E-state index in [0.717, 1.165) is 68.1 Å². The second-order valence-corrected chi connectivity index (χ2v) is 11.2. The topological polar surface area (TPSA) is 59.4 Å². The number of hydrogen-bond donors (Lipinski definition) is 1. The van der Waals surface area contributed by atoms with Gasteiger partial charge in [0.25, 0.3) is 0 Å². The molecule has 4 rings (SSSR count). The highest BCUT2D eigenvalue weighted by Crippen LogP contribution is 2.41. The summed E-state index contributed by atoms with van der Waals surface area (Å²) in [5.74, 6) is -0.262. The van der Waals surface area contributed by atoms with Gasteiger partial charge in [-0.1, -0.05) is 63.1 Å². The molecule has 0 unspecified atom stereocenters. The minimum atomic E-state index is -0.463. The number of rotatable bonds is 10. The van der Waals surface area contributed by atoms with Gasteiger partial charge in [0.05, 0.1) is 19.1 Å². The molecule has 0 saturated heterocycles. The zero-order chi connectivity index (χ0) is 27.3. The van der Waals surface area contributed by atoms with Crippen molar-refractivity contribution in [2.75, 3.05) is 7.11 Å². The van der Waals surface area contributed by atoms with Crippen molar-refractivity contribution in [3.05, 3.63) is 88.2 Å². The maximum atomic E-state index is 11.7. The number of carbonyl (C=O) groups is 1. The van der Waals surface area contributed by atoms with E-state index in [1.807, 2.05) is 12.3 Å². The van der Waals surface area contributed by atoms with Crippen LogP contribution in [0, 0.1) is 13.8 Å². The molecule has 0 radical (unpaired) electrons. The predicted molar refractivity (Wildman–Crippen MR) is 154 cm³/mol. The van der Waals surface area contributed by atoms with E-state index < -0.39 is 5.60 Å². The van der Waals surface area contributed by atoms with E-state index in [2.05, 4.69) is 69.1 Å². The average molecular weight is 514 g/mol. The van der Waals surface area contributed by atoms with Crippen molar-refractivity contribution in [1.82, 2.24) is 4.98 Å². The minimum absolute atomic E-state index is 0.0682. The number of carbonyl (C=O) groups excluding carboxylic acids is 1. The van der Waals surface area contributed by atoms with Gasteiger partial charge in [-0.05, 0) is 97.4 Å². The normalized spacial score (nSPS) is 15.0. The molecule has 4 nitrogen and oxygen atoms in total. The van der Waals surface area contributed by atoms with E-state index in [4.69, 9.17) is 4.74 Å². The lowest BCUT2D eigenvalue weighted by Crippen LogP contribution is -2.27. The molecule has 1 aliphatic rings. The van der Waals surface area contributed by atoms with Crippen LogP contribution >= 0.6 is 0 Å². The van der Waals surface area contributed by atoms with Gasteiger partial charge in [0.1, 0.15) is 0 Å². The third-order valence-corrected chi connectivity index (χ3v) is 8.96. The average Bonchev–Trinajstić information content (AvgIpc) is 3.36. The Balaban J connectivity index is 1.61. The van der Waals surface area contributed by atoms with Crippen molar-refractivity contribution < 1.29 is 14.6 Å². The lowest BCUT2D eigenvalue weighted by molar-refractivity contribution is -0.139. The number of aliphatic hydroxyl groups is 1. The molecule has 1 aromatic heterocycles. The summed E-state index contributed by atoms with van der Waals surface area (Å²) in [6.45, 7) is 8.94. The van der Waals surface area contributed by atoms with Gasteiger partial charge in [-0.2, -0.15) is 0 Å². The first-order chi connectivity index (χ1) is 18.2. The third kappa shape index (κ3) is 5.86. The Kier molecular flexibility index (Phi) is 8.72. The fraction of sp³-hybridized carbons (Fsp3) is 0.471. The number of aryl methyl sites for hydroxylation is 3. The van der Waals surface area contributed by atoms with Crippen molar-refractivity contribution >= 4 is 5.97 Å². The SMILES string of the molecule is CCC(CC)(c1ccc(CCC2(O)CCCC2)c(C)c1)c1ccc(-c2cncc(CC(=O)OC)c2)c(C)c1. The predicted octanol–water partition coefficient (Wildman–Crippen LogP) is 7.42. The van der Waals surface area contributed by atoms with Gasteiger partial charge in [-0.3, -0.25) is 9.78 Å². The van der Waals surface area contributed by atoms with Crippen LogP contribution in [-0.4, -0.2) is 28.8 Å². The molecule has 0 atom stereocenters. The summed E-state index contributed by atoms with van der Waals surface area (Å²) in [4.78, 5) is 16.1. The minimum Gasteiger partial charge on any atom is -0.469 e. The quantitative estimate of drug-likeness (QED) is 0.287. The molecule has 1 N–H and O–H groups in total. The fourth-order valence-corrected chi connectivity index (χ4v) is 6.41. The van der Waals surface area contributed by atoms with E-state index in [-0.39, 0.29) is 17.8 Å². The Morgan fingerprint density at radius 1 is 0.974 bits per heavy atom. The van der Waals surface area contributed by atoms with Gasteiger partial charge in [-0.25, -0.2) is 0 Å². The fourth-order valence-electron chi connectivity index (χ4n) is 6.41. The highest BCUT2D eigenvalue weighted by molar-refractivity contribution is 5.74. The van der Waals surface area contributed by atoms with E-state index in [9.17, 15) is 9.90 Å². The first kappa shape index (κ1) is 28.0. The molecule has 1 fully saturated rings. The molecule has 3 aromatic rings. The van der Waals surface area contributed by atoms with Crippen LogP contribution in [0.15, 0.2) is 54.9 Å². The number of aromatic nitrogens is 1. The Morgan fingerprint density at radius 2 is 1.63 bits per heavy atom. The molecule has 0 bridgehead atoms. The van der Waals surface area contributed by atoms with Gasteiger partial charge < -0.3 is 9.84 Å². The Morgan fingerprint density at radius 3 is 2.24 bits per heavy atom. The Hall–Kier alpha value is -2.98. The van der Waals surface area contributed by atoms with Gasteiger partial charge in [-0.15, -0.1) is 0 Å². The first-order valence-electron chi connectivity index (χ1n) is 14.2. The molecule has 202 valence electrons. The highest BCUT2D eigenvalue weighted by Gasteiger charge is 2.33. The Labute approximate surface area is 228 Å². The molecule has 1 heterocycles. The third-order valence-electron chi connectivity index (χ3n) is 8.96. The summed E-state index contributed by atoms with van der Waals surface area (Å²) >= 11 is 0. The number of benzene rings is 2. The lowest BCUT2D eigenvalue weighted by atomic mass is 9.69. The van der Waals surface area contributed by atoms with E-state index in [1.165, 1.54) is 34.9 Å². The maximum Gasteiger partial charge on any atom is 0.310 e. The maximum absolute atomic E-state index is 11.7. The first-order valence-corrected chi connectivity index (χ1v) is 14.2. The second-order valence-electron chi connectivity index (χ2n) is 11.2. The van der Waals surface area contributed by atoms with Crippen LogP contribution in [0.3, 0.4) is 0 Å². The molecule has 1 aliphatic carbocycles. The summed E-state index contributed by atoms with van der Waals surface area (Å²) in [7, 11) is 1.41. The zero-order valence-electron chi connectivity index (χ0n) is 23.8. The second kappa shape index (κ2) is 11.8. The number of ether oxygens (including phenoxy) is 1. The summed E-state index contributed by atoms with van der Waals surface area (Å²) in [6.07, 6.45) is 11.8. The van der Waals surface area contributed by atoms with Crippen LogP contribution in [0.25, 0.3) is 11.1 Å². The van der Waals surface area contributed by atoms with Crippen LogP contribution in [0.2, 0.25) is 0 Å². The summed E-state index contributed by atoms with van der Waals surface area (Å²) < 4.78 is 4.82. The van der Waals surface area contributed by atoms with Gasteiger partial charge >= 0.3 is 5.97 Å². The van der Waals surface area contributed by atoms with Gasteiger partial charge in [0.15, 0.2) is 0 Å². The molecule has 2 aromatic carbocycles. The number of hydrogen-bond acceptors (Lipinski definition) is 4. The standard InChI is InChI=1S/C34H43NO3/c1-6-34(7-2,29-11-10-27(24(3)18-29)14-17-33(37)15-8-9-16-33)30-12-13-31(25(4)19-30)28-20-26(22-35-23-28)21-32(36)38-5/h10-13,18-20,22-23,37H,6-9,14-17,21H2,1-5H3. The molecule has 1 saturated carbocycles. The van der Waals surface area contributed by atoms with Crippen molar-refractivity contribution in [2.45, 2.75) is 96.5 Å². The van der Waals surface area contributed by atoms with Crippen LogP contribution in [-0.2, 0) is 27.8 Å². The van der Waals surface area contributed by atoms with Crippen molar-refractivity contribution in [1.29, 1.82) is 0 Å². The van der Waals surface area contributed by atoms with Gasteiger partial charge in [0.2, 0.25) is 0 Å². The highest BCUT2D eigenvalue weighted by atomic mass is 16.5. The molecule has 0 aliphatic heterocycles.